The zero-order chi connectivity index (χ0) is 23.6. The molecule has 0 unspecified atom stereocenters. The third-order valence-corrected chi connectivity index (χ3v) is 6.24. The highest BCUT2D eigenvalue weighted by atomic mass is 32.1. The molecule has 0 aliphatic carbocycles. The van der Waals surface area contributed by atoms with Crippen LogP contribution in [-0.2, 0) is 15.7 Å². The number of amides is 3. The highest BCUT2D eigenvalue weighted by Crippen LogP contribution is 2.30. The van der Waals surface area contributed by atoms with Crippen molar-refractivity contribution in [3.8, 4) is 0 Å². The number of hydrogen-bond donors (Lipinski definition) is 1. The Morgan fingerprint density at radius 1 is 1.12 bits per heavy atom. The first-order valence-corrected chi connectivity index (χ1v) is 11.2. The van der Waals surface area contributed by atoms with Crippen molar-refractivity contribution in [2.24, 2.45) is 0 Å². The lowest BCUT2D eigenvalue weighted by atomic mass is 10.1. The molecule has 2 fully saturated rings. The molecule has 1 aromatic heterocycles. The number of halogens is 3. The number of carbonyl (C=O) groups is 3. The molecule has 8 nitrogen and oxygen atoms in total. The number of aromatic nitrogens is 1. The zero-order valence-corrected chi connectivity index (χ0v) is 18.2. The molecular weight excluding hydrogens is 461 g/mol. The van der Waals surface area contributed by atoms with Crippen molar-refractivity contribution >= 4 is 34.2 Å². The molecule has 0 saturated carbocycles. The number of rotatable bonds is 4. The van der Waals surface area contributed by atoms with Gasteiger partial charge in [-0.05, 0) is 31.0 Å². The van der Waals surface area contributed by atoms with E-state index in [2.05, 4.69) is 10.3 Å². The van der Waals surface area contributed by atoms with Crippen molar-refractivity contribution in [2.75, 3.05) is 38.1 Å². The molecule has 0 spiro atoms. The van der Waals surface area contributed by atoms with Crippen molar-refractivity contribution in [3.63, 3.8) is 0 Å². The van der Waals surface area contributed by atoms with E-state index in [0.717, 1.165) is 36.0 Å². The summed E-state index contributed by atoms with van der Waals surface area (Å²) in [5.74, 6) is -1.14. The van der Waals surface area contributed by atoms with Gasteiger partial charge in [0, 0.05) is 43.7 Å². The monoisotopic (exact) mass is 482 g/mol. The van der Waals surface area contributed by atoms with E-state index in [1.807, 2.05) is 0 Å². The minimum absolute atomic E-state index is 0.0483. The first-order chi connectivity index (χ1) is 15.7. The summed E-state index contributed by atoms with van der Waals surface area (Å²) in [6, 6.07) is 4.05. The fraction of sp³-hybridized carbons (Fsp3) is 0.429. The van der Waals surface area contributed by atoms with Gasteiger partial charge >= 0.3 is 6.18 Å². The van der Waals surface area contributed by atoms with Crippen LogP contribution in [0.15, 0.2) is 29.6 Å². The number of nitrogens with one attached hydrogen (secondary N) is 1. The molecule has 1 atom stereocenters. The summed E-state index contributed by atoms with van der Waals surface area (Å²) in [5, 5.41) is 4.02. The number of carbonyl (C=O) groups excluding carboxylic acids is 3. The lowest BCUT2D eigenvalue weighted by molar-refractivity contribution is -0.142. The molecular formula is C21H21F3N4O4S. The fourth-order valence-electron chi connectivity index (χ4n) is 3.70. The van der Waals surface area contributed by atoms with Gasteiger partial charge in [0.2, 0.25) is 0 Å². The van der Waals surface area contributed by atoms with E-state index in [1.54, 1.807) is 9.80 Å². The van der Waals surface area contributed by atoms with Crippen molar-refractivity contribution in [2.45, 2.75) is 25.1 Å². The van der Waals surface area contributed by atoms with Gasteiger partial charge in [-0.15, -0.1) is 11.3 Å². The summed E-state index contributed by atoms with van der Waals surface area (Å²) >= 11 is 1.00. The Kier molecular flexibility index (Phi) is 6.66. The van der Waals surface area contributed by atoms with Crippen LogP contribution in [0.2, 0.25) is 0 Å². The van der Waals surface area contributed by atoms with Gasteiger partial charge in [-0.1, -0.05) is 6.07 Å². The maximum Gasteiger partial charge on any atom is 0.416 e. The standard InChI is InChI=1S/C21H21F3N4O4S/c22-21(23,24)14-4-1-3-13(11-14)17(29)26-20-25-15(12-33-20)18(30)27-6-8-28(9-7-27)19(31)16-5-2-10-32-16/h1,3-4,11-12,16H,2,5-10H2,(H,25,26,29)/t16-/m1/s1. The minimum Gasteiger partial charge on any atom is -0.368 e. The number of anilines is 1. The van der Waals surface area contributed by atoms with Crippen molar-refractivity contribution in [1.82, 2.24) is 14.8 Å². The summed E-state index contributed by atoms with van der Waals surface area (Å²) in [6.07, 6.45) is -3.37. The van der Waals surface area contributed by atoms with Crippen molar-refractivity contribution in [3.05, 3.63) is 46.5 Å². The van der Waals surface area contributed by atoms with Gasteiger partial charge in [0.15, 0.2) is 5.13 Å². The molecule has 1 aromatic carbocycles. The van der Waals surface area contributed by atoms with E-state index in [9.17, 15) is 27.6 Å². The van der Waals surface area contributed by atoms with Gasteiger partial charge in [0.1, 0.15) is 11.8 Å². The zero-order valence-electron chi connectivity index (χ0n) is 17.4. The topological polar surface area (TPSA) is 91.8 Å². The Labute approximate surface area is 191 Å². The molecule has 2 aliphatic rings. The molecule has 1 N–H and O–H groups in total. The van der Waals surface area contributed by atoms with E-state index < -0.39 is 23.8 Å². The van der Waals surface area contributed by atoms with E-state index in [-0.39, 0.29) is 28.2 Å². The molecule has 2 aromatic rings. The molecule has 0 radical (unpaired) electrons. The van der Waals surface area contributed by atoms with E-state index >= 15 is 0 Å². The highest BCUT2D eigenvalue weighted by Gasteiger charge is 2.33. The first-order valence-electron chi connectivity index (χ1n) is 10.4. The molecule has 4 rings (SSSR count). The van der Waals surface area contributed by atoms with Crippen LogP contribution in [0.4, 0.5) is 18.3 Å². The lowest BCUT2D eigenvalue weighted by Gasteiger charge is -2.35. The van der Waals surface area contributed by atoms with Crippen LogP contribution in [0.3, 0.4) is 0 Å². The second-order valence-electron chi connectivity index (χ2n) is 7.69. The smallest absolute Gasteiger partial charge is 0.368 e. The Balaban J connectivity index is 1.33. The molecule has 33 heavy (non-hydrogen) atoms. The van der Waals surface area contributed by atoms with Gasteiger partial charge in [-0.3, -0.25) is 19.7 Å². The lowest BCUT2D eigenvalue weighted by Crippen LogP contribution is -2.52. The number of benzene rings is 1. The average Bonchev–Trinajstić information content (AvgIpc) is 3.50. The van der Waals surface area contributed by atoms with Gasteiger partial charge in [0.25, 0.3) is 17.7 Å². The summed E-state index contributed by atoms with van der Waals surface area (Å²) in [5.41, 5.74) is -0.972. The predicted molar refractivity (Wildman–Crippen MR) is 113 cm³/mol. The summed E-state index contributed by atoms with van der Waals surface area (Å²) in [6.45, 7) is 2.08. The Morgan fingerprint density at radius 2 is 1.85 bits per heavy atom. The van der Waals surface area contributed by atoms with Gasteiger partial charge in [0.05, 0.1) is 5.56 Å². The van der Waals surface area contributed by atoms with Crippen molar-refractivity contribution < 1.29 is 32.3 Å². The van der Waals surface area contributed by atoms with Crippen LogP contribution < -0.4 is 5.32 Å². The summed E-state index contributed by atoms with van der Waals surface area (Å²) < 4.78 is 44.0. The first kappa shape index (κ1) is 23.2. The van der Waals surface area contributed by atoms with Gasteiger partial charge < -0.3 is 14.5 Å². The molecule has 176 valence electrons. The molecule has 3 amide bonds. The number of ether oxygens (including phenoxy) is 1. The third-order valence-electron chi connectivity index (χ3n) is 5.48. The number of hydrogen-bond acceptors (Lipinski definition) is 6. The predicted octanol–water partition coefficient (Wildman–Crippen LogP) is 2.88. The van der Waals surface area contributed by atoms with Crippen LogP contribution in [0.1, 0.15) is 39.3 Å². The van der Waals surface area contributed by atoms with Crippen LogP contribution in [0, 0.1) is 0 Å². The van der Waals surface area contributed by atoms with Crippen LogP contribution >= 0.6 is 11.3 Å². The third kappa shape index (κ3) is 5.33. The Hall–Kier alpha value is -2.99. The SMILES string of the molecule is O=C(Nc1nc(C(=O)N2CCN(C(=O)[C@H]3CCCO3)CC2)cs1)c1cccc(C(F)(F)F)c1. The Morgan fingerprint density at radius 3 is 2.52 bits per heavy atom. The Bertz CT molecular complexity index is 1040. The minimum atomic E-state index is -4.56. The molecule has 2 aliphatic heterocycles. The number of nitrogens with zero attached hydrogens (tertiary/aromatic N) is 3. The van der Waals surface area contributed by atoms with E-state index in [4.69, 9.17) is 4.74 Å². The van der Waals surface area contributed by atoms with E-state index in [0.29, 0.717) is 39.2 Å². The number of thiazole rings is 1. The van der Waals surface area contributed by atoms with Crippen molar-refractivity contribution in [1.29, 1.82) is 0 Å². The normalized spacial score (nSPS) is 18.9. The number of alkyl halides is 3. The highest BCUT2D eigenvalue weighted by molar-refractivity contribution is 7.14. The second-order valence-corrected chi connectivity index (χ2v) is 8.55. The number of piperazine rings is 1. The van der Waals surface area contributed by atoms with Crippen LogP contribution in [0.5, 0.6) is 0 Å². The largest absolute Gasteiger partial charge is 0.416 e. The van der Waals surface area contributed by atoms with Gasteiger partial charge in [-0.2, -0.15) is 13.2 Å². The maximum absolute atomic E-state index is 12.9. The van der Waals surface area contributed by atoms with E-state index in [1.165, 1.54) is 11.4 Å². The molecule has 3 heterocycles. The summed E-state index contributed by atoms with van der Waals surface area (Å²) in [7, 11) is 0. The fourth-order valence-corrected chi connectivity index (χ4v) is 4.38. The molecule has 0 bridgehead atoms. The van der Waals surface area contributed by atoms with Gasteiger partial charge in [-0.25, -0.2) is 4.98 Å². The molecule has 12 heteroatoms. The maximum atomic E-state index is 12.9. The van der Waals surface area contributed by atoms with Crippen LogP contribution in [0.25, 0.3) is 0 Å². The second kappa shape index (κ2) is 9.48. The quantitative estimate of drug-likeness (QED) is 0.724. The van der Waals surface area contributed by atoms with Crippen LogP contribution in [-0.4, -0.2) is 71.4 Å². The molecule has 2 saturated heterocycles. The summed E-state index contributed by atoms with van der Waals surface area (Å²) in [4.78, 5) is 44.9. The average molecular weight is 482 g/mol.